The molecule has 0 atom stereocenters. The zero-order valence-electron chi connectivity index (χ0n) is 15.1. The summed E-state index contributed by atoms with van der Waals surface area (Å²) in [6.07, 6.45) is 0.682. The molecule has 0 bridgehead atoms. The third kappa shape index (κ3) is 3.99. The van der Waals surface area contributed by atoms with Crippen LogP contribution in [0.25, 0.3) is 5.57 Å². The van der Waals surface area contributed by atoms with Gasteiger partial charge in [0.15, 0.2) is 5.76 Å². The third-order valence-corrected chi connectivity index (χ3v) is 4.16. The quantitative estimate of drug-likeness (QED) is 0.453. The monoisotopic (exact) mass is 341 g/mol. The van der Waals surface area contributed by atoms with E-state index in [2.05, 4.69) is 13.2 Å². The van der Waals surface area contributed by atoms with Gasteiger partial charge in [0.2, 0.25) is 0 Å². The number of benzene rings is 1. The van der Waals surface area contributed by atoms with Crippen LogP contribution in [0.3, 0.4) is 0 Å². The Labute approximate surface area is 148 Å². The zero-order chi connectivity index (χ0) is 18.8. The Bertz CT molecular complexity index is 756. The van der Waals surface area contributed by atoms with Gasteiger partial charge in [-0.25, -0.2) is 9.59 Å². The van der Waals surface area contributed by atoms with Crippen molar-refractivity contribution in [2.24, 2.45) is 0 Å². The van der Waals surface area contributed by atoms with Crippen LogP contribution in [-0.4, -0.2) is 23.5 Å². The number of carbonyl (C=O) groups is 2. The Kier molecular flexibility index (Phi) is 5.16. The molecule has 1 saturated heterocycles. The van der Waals surface area contributed by atoms with Crippen LogP contribution in [0, 0.1) is 0 Å². The summed E-state index contributed by atoms with van der Waals surface area (Å²) in [5.41, 5.74) is 2.69. The lowest BCUT2D eigenvalue weighted by Gasteiger charge is -2.33. The van der Waals surface area contributed by atoms with Crippen molar-refractivity contribution in [2.45, 2.75) is 33.2 Å². The van der Waals surface area contributed by atoms with Gasteiger partial charge in [0.1, 0.15) is 6.26 Å². The number of allylic oxidation sites excluding steroid dienone is 1. The summed E-state index contributed by atoms with van der Waals surface area (Å²) in [4.78, 5) is 25.3. The molecule has 1 aromatic rings. The molecule has 1 aliphatic rings. The van der Waals surface area contributed by atoms with Gasteiger partial charge in [-0.2, -0.15) is 0 Å². The number of nitrogens with zero attached hydrogens (tertiary/aromatic N) is 1. The molecule has 0 N–H and O–H groups in total. The maximum atomic E-state index is 12.2. The lowest BCUT2D eigenvalue weighted by Crippen LogP contribution is -2.42. The Morgan fingerprint density at radius 1 is 1.24 bits per heavy atom. The lowest BCUT2D eigenvalue weighted by atomic mass is 9.91. The molecule has 1 aromatic carbocycles. The van der Waals surface area contributed by atoms with Gasteiger partial charge in [0.05, 0.1) is 12.1 Å². The molecule has 1 amide bonds. The van der Waals surface area contributed by atoms with Crippen LogP contribution < -0.4 is 0 Å². The van der Waals surface area contributed by atoms with Crippen molar-refractivity contribution in [1.82, 2.24) is 4.90 Å². The van der Waals surface area contributed by atoms with Crippen molar-refractivity contribution in [3.8, 4) is 0 Å². The smallest absolute Gasteiger partial charge is 0.416 e. The fraction of sp³-hybridized carbons (Fsp3) is 0.300. The van der Waals surface area contributed by atoms with Gasteiger partial charge in [-0.3, -0.25) is 4.90 Å². The standard InChI is InChI=1S/C20H23NO4/c1-13(2)15-7-9-16(10-8-15)20(5,6)21-11-17(25-19(21)23)12-24-18(22)14(3)4/h7-10,12H,1,3,11H2,2,4-6H3/b17-12+. The van der Waals surface area contributed by atoms with E-state index >= 15 is 0 Å². The molecule has 0 unspecified atom stereocenters. The van der Waals surface area contributed by atoms with Crippen molar-refractivity contribution >= 4 is 17.6 Å². The summed E-state index contributed by atoms with van der Waals surface area (Å²) in [5, 5.41) is 0. The molecule has 0 spiro atoms. The minimum atomic E-state index is -0.585. The number of carbonyl (C=O) groups excluding carboxylic acids is 2. The van der Waals surface area contributed by atoms with Gasteiger partial charge in [-0.15, -0.1) is 0 Å². The summed E-state index contributed by atoms with van der Waals surface area (Å²) >= 11 is 0. The van der Waals surface area contributed by atoms with Crippen LogP contribution in [0.4, 0.5) is 4.79 Å². The second kappa shape index (κ2) is 6.97. The lowest BCUT2D eigenvalue weighted by molar-refractivity contribution is -0.133. The molecule has 25 heavy (non-hydrogen) atoms. The Balaban J connectivity index is 2.17. The maximum absolute atomic E-state index is 12.2. The maximum Gasteiger partial charge on any atom is 0.416 e. The number of amides is 1. The van der Waals surface area contributed by atoms with E-state index < -0.39 is 17.6 Å². The van der Waals surface area contributed by atoms with Crippen molar-refractivity contribution in [3.05, 3.63) is 66.1 Å². The van der Waals surface area contributed by atoms with E-state index in [0.29, 0.717) is 0 Å². The van der Waals surface area contributed by atoms with Crippen molar-refractivity contribution < 1.29 is 19.1 Å². The zero-order valence-corrected chi connectivity index (χ0v) is 15.1. The molecule has 0 saturated carbocycles. The molecule has 5 nitrogen and oxygen atoms in total. The summed E-state index contributed by atoms with van der Waals surface area (Å²) in [7, 11) is 0. The van der Waals surface area contributed by atoms with Crippen LogP contribution in [0.15, 0.2) is 55.0 Å². The number of hydrogen-bond acceptors (Lipinski definition) is 4. The number of cyclic esters (lactones) is 1. The molecular formula is C20H23NO4. The van der Waals surface area contributed by atoms with Crippen molar-refractivity contribution in [3.63, 3.8) is 0 Å². The van der Waals surface area contributed by atoms with Gasteiger partial charge in [-0.1, -0.05) is 43.0 Å². The van der Waals surface area contributed by atoms with Gasteiger partial charge < -0.3 is 9.47 Å². The molecular weight excluding hydrogens is 318 g/mol. The minimum absolute atomic E-state index is 0.220. The van der Waals surface area contributed by atoms with E-state index in [0.717, 1.165) is 23.0 Å². The molecule has 0 aromatic heterocycles. The highest BCUT2D eigenvalue weighted by molar-refractivity contribution is 5.87. The van der Waals surface area contributed by atoms with Gasteiger partial charge in [0.25, 0.3) is 0 Å². The third-order valence-electron chi connectivity index (χ3n) is 4.16. The molecule has 2 rings (SSSR count). The highest BCUT2D eigenvalue weighted by Crippen LogP contribution is 2.33. The SMILES string of the molecule is C=C(C)C(=O)O/C=C1\CN(C(C)(C)c2ccc(C(=C)C)cc2)C(=O)O1. The number of ether oxygens (including phenoxy) is 2. The summed E-state index contributed by atoms with van der Waals surface area (Å²) in [5.74, 6) is -0.275. The van der Waals surface area contributed by atoms with Gasteiger partial charge in [-0.05, 0) is 38.8 Å². The van der Waals surface area contributed by atoms with Crippen molar-refractivity contribution in [2.75, 3.05) is 6.54 Å². The van der Waals surface area contributed by atoms with Crippen LogP contribution >= 0.6 is 0 Å². The fourth-order valence-electron chi connectivity index (χ4n) is 2.45. The normalized spacial score (nSPS) is 15.9. The van der Waals surface area contributed by atoms with Crippen LogP contribution in [0.2, 0.25) is 0 Å². The molecule has 0 aliphatic carbocycles. The summed E-state index contributed by atoms with van der Waals surface area (Å²) < 4.78 is 10.1. The van der Waals surface area contributed by atoms with E-state index in [1.54, 1.807) is 11.8 Å². The van der Waals surface area contributed by atoms with Gasteiger partial charge in [0, 0.05) is 5.57 Å². The van der Waals surface area contributed by atoms with Crippen LogP contribution in [0.1, 0.15) is 38.8 Å². The summed E-state index contributed by atoms with van der Waals surface area (Å²) in [6, 6.07) is 7.90. The van der Waals surface area contributed by atoms with E-state index in [4.69, 9.17) is 9.47 Å². The van der Waals surface area contributed by atoms with Crippen LogP contribution in [-0.2, 0) is 19.8 Å². The predicted molar refractivity (Wildman–Crippen MR) is 96.4 cm³/mol. The van der Waals surface area contributed by atoms with Crippen molar-refractivity contribution in [1.29, 1.82) is 0 Å². The fourth-order valence-corrected chi connectivity index (χ4v) is 2.45. The number of hydrogen-bond donors (Lipinski definition) is 0. The van der Waals surface area contributed by atoms with E-state index in [-0.39, 0.29) is 17.9 Å². The first-order chi connectivity index (χ1) is 11.6. The molecule has 1 fully saturated rings. The largest absolute Gasteiger partial charge is 0.427 e. The molecule has 1 heterocycles. The first-order valence-corrected chi connectivity index (χ1v) is 7.94. The molecule has 132 valence electrons. The van der Waals surface area contributed by atoms with E-state index in [9.17, 15) is 9.59 Å². The first kappa shape index (κ1) is 18.5. The minimum Gasteiger partial charge on any atom is -0.427 e. The average molecular weight is 341 g/mol. The molecule has 5 heteroatoms. The second-order valence-corrected chi connectivity index (χ2v) is 6.64. The Hall–Kier alpha value is -2.82. The van der Waals surface area contributed by atoms with E-state index in [1.165, 1.54) is 0 Å². The van der Waals surface area contributed by atoms with E-state index in [1.807, 2.05) is 45.0 Å². The Morgan fingerprint density at radius 2 is 1.84 bits per heavy atom. The van der Waals surface area contributed by atoms with Crippen LogP contribution in [0.5, 0.6) is 0 Å². The second-order valence-electron chi connectivity index (χ2n) is 6.64. The molecule has 1 aliphatic heterocycles. The highest BCUT2D eigenvalue weighted by Gasteiger charge is 2.39. The Morgan fingerprint density at radius 3 is 2.36 bits per heavy atom. The highest BCUT2D eigenvalue weighted by atomic mass is 16.6. The summed E-state index contributed by atoms with van der Waals surface area (Å²) in [6.45, 7) is 15.0. The number of rotatable bonds is 5. The number of esters is 1. The molecule has 0 radical (unpaired) electrons. The predicted octanol–water partition coefficient (Wildman–Crippen LogP) is 4.37. The topological polar surface area (TPSA) is 55.8 Å². The average Bonchev–Trinajstić information content (AvgIpc) is 2.94. The van der Waals surface area contributed by atoms with Gasteiger partial charge >= 0.3 is 12.1 Å². The first-order valence-electron chi connectivity index (χ1n) is 7.94.